The minimum absolute atomic E-state index is 0.0515. The van der Waals surface area contributed by atoms with Crippen LogP contribution in [0.5, 0.6) is 0 Å². The van der Waals surface area contributed by atoms with Gasteiger partial charge in [-0.1, -0.05) is 17.7 Å². The van der Waals surface area contributed by atoms with E-state index in [1.54, 1.807) is 11.0 Å². The number of anilines is 1. The molecule has 1 amide bonds. The fourth-order valence-corrected chi connectivity index (χ4v) is 5.26. The molecule has 2 aliphatic rings. The highest BCUT2D eigenvalue weighted by Gasteiger charge is 2.50. The van der Waals surface area contributed by atoms with Gasteiger partial charge in [-0.2, -0.15) is 18.4 Å². The molecular formula is C25H26F3N3O2. The van der Waals surface area contributed by atoms with Crippen LogP contribution in [0.25, 0.3) is 0 Å². The van der Waals surface area contributed by atoms with Crippen molar-refractivity contribution in [3.63, 3.8) is 0 Å². The first-order valence-corrected chi connectivity index (χ1v) is 10.9. The van der Waals surface area contributed by atoms with Crippen LogP contribution in [0.1, 0.15) is 39.0 Å². The Kier molecular flexibility index (Phi) is 5.87. The second-order valence-electron chi connectivity index (χ2n) is 9.27. The van der Waals surface area contributed by atoms with Crippen LogP contribution in [0.4, 0.5) is 18.9 Å². The van der Waals surface area contributed by atoms with Crippen molar-refractivity contribution >= 4 is 11.6 Å². The van der Waals surface area contributed by atoms with Crippen LogP contribution < -0.4 is 4.90 Å². The zero-order chi connectivity index (χ0) is 24.0. The molecule has 2 fully saturated rings. The Hall–Kier alpha value is -3.05. The number of likely N-dealkylation sites (tertiary alicyclic amines) is 1. The maximum atomic E-state index is 13.4. The molecule has 5 nitrogen and oxygen atoms in total. The fraction of sp³-hybridized carbons (Fsp3) is 0.440. The molecule has 0 unspecified atom stereocenters. The van der Waals surface area contributed by atoms with E-state index in [0.717, 1.165) is 17.2 Å². The van der Waals surface area contributed by atoms with Crippen LogP contribution in [-0.2, 0) is 6.18 Å². The molecule has 33 heavy (non-hydrogen) atoms. The van der Waals surface area contributed by atoms with Gasteiger partial charge in [0.2, 0.25) is 0 Å². The van der Waals surface area contributed by atoms with E-state index in [2.05, 4.69) is 0 Å². The van der Waals surface area contributed by atoms with Crippen LogP contribution in [-0.4, -0.2) is 48.7 Å². The highest BCUT2D eigenvalue weighted by Crippen LogP contribution is 2.45. The van der Waals surface area contributed by atoms with Gasteiger partial charge < -0.3 is 14.9 Å². The summed E-state index contributed by atoms with van der Waals surface area (Å²) in [5.74, 6) is -0.0365. The summed E-state index contributed by atoms with van der Waals surface area (Å²) in [5, 5.41) is 19.4. The number of aryl methyl sites for hydroxylation is 2. The van der Waals surface area contributed by atoms with Gasteiger partial charge in [0.05, 0.1) is 23.8 Å². The van der Waals surface area contributed by atoms with E-state index >= 15 is 0 Å². The number of carbonyl (C=O) groups excluding carboxylic acids is 1. The Balaban J connectivity index is 1.59. The summed E-state index contributed by atoms with van der Waals surface area (Å²) in [5.41, 5.74) is 0.984. The van der Waals surface area contributed by atoms with Gasteiger partial charge in [0.15, 0.2) is 0 Å². The molecular weight excluding hydrogens is 431 g/mol. The van der Waals surface area contributed by atoms with E-state index < -0.39 is 22.7 Å². The molecule has 1 N–H and O–H groups in total. The van der Waals surface area contributed by atoms with Gasteiger partial charge in [0.1, 0.15) is 0 Å². The molecule has 0 aliphatic carbocycles. The Morgan fingerprint density at radius 2 is 1.97 bits per heavy atom. The normalized spacial score (nSPS) is 22.8. The standard InChI is InChI=1S/C25H26F3N3O2/c1-16-3-6-21(17(2)9-16)23(33)30-8-7-19-12-31(14-24(19,13-30)15-32)20-5-4-18(11-29)22(10-20)25(26,27)28/h3-6,9-10,19,32H,7-8,12-15H2,1-2H3/t19-,24+/m0/s1. The number of piperidine rings is 1. The van der Waals surface area contributed by atoms with E-state index in [1.807, 2.05) is 36.9 Å². The predicted molar refractivity (Wildman–Crippen MR) is 118 cm³/mol. The number of aliphatic hydroxyl groups excluding tert-OH is 1. The van der Waals surface area contributed by atoms with Crippen LogP contribution >= 0.6 is 0 Å². The molecule has 8 heteroatoms. The number of nitrogens with zero attached hydrogens (tertiary/aromatic N) is 3. The maximum Gasteiger partial charge on any atom is 0.417 e. The molecule has 2 heterocycles. The number of hydrogen-bond donors (Lipinski definition) is 1. The monoisotopic (exact) mass is 457 g/mol. The van der Waals surface area contributed by atoms with Crippen molar-refractivity contribution in [2.45, 2.75) is 26.4 Å². The number of amides is 1. The number of halogens is 3. The minimum Gasteiger partial charge on any atom is -0.396 e. The second kappa shape index (κ2) is 8.38. The highest BCUT2D eigenvalue weighted by atomic mass is 19.4. The zero-order valence-corrected chi connectivity index (χ0v) is 18.6. The van der Waals surface area contributed by atoms with Gasteiger partial charge in [-0.05, 0) is 56.0 Å². The number of hydrogen-bond acceptors (Lipinski definition) is 4. The van der Waals surface area contributed by atoms with Gasteiger partial charge in [-0.15, -0.1) is 0 Å². The zero-order valence-electron chi connectivity index (χ0n) is 18.6. The molecule has 4 rings (SSSR count). The third-order valence-corrected chi connectivity index (χ3v) is 7.07. The summed E-state index contributed by atoms with van der Waals surface area (Å²) in [6, 6.07) is 11.0. The number of rotatable bonds is 3. The fourth-order valence-electron chi connectivity index (χ4n) is 5.26. The lowest BCUT2D eigenvalue weighted by Gasteiger charge is -2.43. The van der Waals surface area contributed by atoms with Crippen molar-refractivity contribution in [1.82, 2.24) is 4.90 Å². The number of carbonyl (C=O) groups is 1. The van der Waals surface area contributed by atoms with Crippen LogP contribution in [0.3, 0.4) is 0 Å². The van der Waals surface area contributed by atoms with E-state index in [9.17, 15) is 23.1 Å². The van der Waals surface area contributed by atoms with E-state index in [4.69, 9.17) is 5.26 Å². The average Bonchev–Trinajstić information content (AvgIpc) is 3.17. The molecule has 0 spiro atoms. The van der Waals surface area contributed by atoms with Crippen molar-refractivity contribution in [2.75, 3.05) is 37.7 Å². The number of alkyl halides is 3. The Labute approximate surface area is 191 Å². The molecule has 0 radical (unpaired) electrons. The van der Waals surface area contributed by atoms with Gasteiger partial charge in [-0.25, -0.2) is 0 Å². The third kappa shape index (κ3) is 4.18. The van der Waals surface area contributed by atoms with Crippen molar-refractivity contribution < 1.29 is 23.1 Å². The van der Waals surface area contributed by atoms with Gasteiger partial charge in [0, 0.05) is 42.8 Å². The summed E-state index contributed by atoms with van der Waals surface area (Å²) >= 11 is 0. The molecule has 2 aliphatic heterocycles. The molecule has 2 aromatic carbocycles. The molecule has 2 atom stereocenters. The predicted octanol–water partition coefficient (Wildman–Crippen LogP) is 4.15. The van der Waals surface area contributed by atoms with Crippen molar-refractivity contribution in [3.8, 4) is 6.07 Å². The quantitative estimate of drug-likeness (QED) is 0.752. The highest BCUT2D eigenvalue weighted by molar-refractivity contribution is 5.95. The first-order chi connectivity index (χ1) is 15.6. The van der Waals surface area contributed by atoms with Crippen LogP contribution in [0.2, 0.25) is 0 Å². The lowest BCUT2D eigenvalue weighted by atomic mass is 9.74. The number of benzene rings is 2. The van der Waals surface area contributed by atoms with E-state index in [1.165, 1.54) is 12.1 Å². The number of aliphatic hydroxyl groups is 1. The Morgan fingerprint density at radius 1 is 1.21 bits per heavy atom. The molecule has 174 valence electrons. The molecule has 2 aromatic rings. The molecule has 0 saturated carbocycles. The minimum atomic E-state index is -4.63. The third-order valence-electron chi connectivity index (χ3n) is 7.07. The average molecular weight is 457 g/mol. The van der Waals surface area contributed by atoms with Crippen molar-refractivity contribution in [3.05, 3.63) is 64.2 Å². The SMILES string of the molecule is Cc1ccc(C(=O)N2CC[C@H]3CN(c4ccc(C#N)c(C(F)(F)F)c4)C[C@@]3(CO)C2)c(C)c1. The summed E-state index contributed by atoms with van der Waals surface area (Å²) in [7, 11) is 0. The van der Waals surface area contributed by atoms with Crippen LogP contribution in [0, 0.1) is 36.5 Å². The first-order valence-electron chi connectivity index (χ1n) is 10.9. The lowest BCUT2D eigenvalue weighted by molar-refractivity contribution is -0.137. The second-order valence-corrected chi connectivity index (χ2v) is 9.27. The van der Waals surface area contributed by atoms with Gasteiger partial charge >= 0.3 is 6.18 Å². The summed E-state index contributed by atoms with van der Waals surface area (Å²) in [6.45, 7) is 5.42. The van der Waals surface area contributed by atoms with E-state index in [-0.39, 0.29) is 18.4 Å². The van der Waals surface area contributed by atoms with Gasteiger partial charge in [0.25, 0.3) is 5.91 Å². The number of nitriles is 1. The summed E-state index contributed by atoms with van der Waals surface area (Å²) in [6.07, 6.45) is -3.96. The summed E-state index contributed by atoms with van der Waals surface area (Å²) in [4.78, 5) is 16.8. The largest absolute Gasteiger partial charge is 0.417 e. The topological polar surface area (TPSA) is 67.6 Å². The van der Waals surface area contributed by atoms with E-state index in [0.29, 0.717) is 43.9 Å². The van der Waals surface area contributed by atoms with Crippen LogP contribution in [0.15, 0.2) is 36.4 Å². The molecule has 0 aromatic heterocycles. The molecule has 0 bridgehead atoms. The van der Waals surface area contributed by atoms with Gasteiger partial charge in [-0.3, -0.25) is 4.79 Å². The lowest BCUT2D eigenvalue weighted by Crippen LogP contribution is -2.52. The molecule has 2 saturated heterocycles. The maximum absolute atomic E-state index is 13.4. The Bertz CT molecular complexity index is 1120. The number of fused-ring (bicyclic) bond motifs is 1. The first kappa shape index (κ1) is 23.1. The Morgan fingerprint density at radius 3 is 2.61 bits per heavy atom. The van der Waals surface area contributed by atoms with Crippen molar-refractivity contribution in [1.29, 1.82) is 5.26 Å². The van der Waals surface area contributed by atoms with Crippen molar-refractivity contribution in [2.24, 2.45) is 11.3 Å². The summed E-state index contributed by atoms with van der Waals surface area (Å²) < 4.78 is 40.3. The smallest absolute Gasteiger partial charge is 0.396 e.